The van der Waals surface area contributed by atoms with E-state index in [1.807, 2.05) is 0 Å². The zero-order chi connectivity index (χ0) is 13.1. The quantitative estimate of drug-likeness (QED) is 0.490. The fraction of sp³-hybridized carbons (Fsp3) is 0.600. The molecule has 1 aromatic rings. The van der Waals surface area contributed by atoms with Gasteiger partial charge in [-0.2, -0.15) is 0 Å². The summed E-state index contributed by atoms with van der Waals surface area (Å²) >= 11 is 5.70. The second-order valence-corrected chi connectivity index (χ2v) is 4.60. The van der Waals surface area contributed by atoms with Crippen molar-refractivity contribution < 1.29 is 10.0 Å². The van der Waals surface area contributed by atoms with Crippen LogP contribution in [0.25, 0.3) is 0 Å². The van der Waals surface area contributed by atoms with Gasteiger partial charge in [0.2, 0.25) is 11.0 Å². The van der Waals surface area contributed by atoms with Gasteiger partial charge in [-0.05, 0) is 12.8 Å². The molecule has 2 unspecified atom stereocenters. The van der Waals surface area contributed by atoms with Gasteiger partial charge in [0, 0.05) is 18.6 Å². The molecule has 0 radical (unpaired) electrons. The molecule has 1 heterocycles. The number of halogens is 1. The van der Waals surface area contributed by atoms with E-state index in [-0.39, 0.29) is 35.2 Å². The Labute approximate surface area is 108 Å². The van der Waals surface area contributed by atoms with Gasteiger partial charge in [-0.3, -0.25) is 10.1 Å². The molecule has 0 bridgehead atoms. The highest BCUT2D eigenvalue weighted by Crippen LogP contribution is 2.33. The molecule has 18 heavy (non-hydrogen) atoms. The molecule has 0 aromatic carbocycles. The van der Waals surface area contributed by atoms with E-state index in [1.165, 1.54) is 6.33 Å². The molecule has 0 aliphatic heterocycles. The summed E-state index contributed by atoms with van der Waals surface area (Å²) in [6.07, 6.45) is 3.92. The Bertz CT molecular complexity index is 457. The van der Waals surface area contributed by atoms with Gasteiger partial charge in [-0.1, -0.05) is 18.0 Å². The molecular weight excluding hydrogens is 260 g/mol. The molecule has 1 aliphatic rings. The normalized spacial score (nSPS) is 23.0. The minimum Gasteiger partial charge on any atom is -0.396 e. The van der Waals surface area contributed by atoms with Gasteiger partial charge in [0.25, 0.3) is 0 Å². The van der Waals surface area contributed by atoms with Gasteiger partial charge in [-0.25, -0.2) is 9.97 Å². The van der Waals surface area contributed by atoms with Crippen molar-refractivity contribution in [2.75, 3.05) is 11.9 Å². The summed E-state index contributed by atoms with van der Waals surface area (Å²) < 4.78 is 0. The lowest BCUT2D eigenvalue weighted by atomic mass is 10.1. The lowest BCUT2D eigenvalue weighted by Gasteiger charge is -2.19. The number of hydrogen-bond donors (Lipinski definition) is 2. The van der Waals surface area contributed by atoms with Crippen LogP contribution in [0.4, 0.5) is 11.5 Å². The van der Waals surface area contributed by atoms with E-state index in [9.17, 15) is 15.2 Å². The first-order valence-corrected chi connectivity index (χ1v) is 6.03. The Hall–Kier alpha value is -1.47. The van der Waals surface area contributed by atoms with Crippen LogP contribution in [0.15, 0.2) is 6.33 Å². The van der Waals surface area contributed by atoms with Crippen molar-refractivity contribution in [2.24, 2.45) is 5.92 Å². The van der Waals surface area contributed by atoms with Crippen molar-refractivity contribution in [3.8, 4) is 0 Å². The third-order valence-electron chi connectivity index (χ3n) is 3.18. The summed E-state index contributed by atoms with van der Waals surface area (Å²) in [5, 5.41) is 22.9. The molecule has 8 heteroatoms. The van der Waals surface area contributed by atoms with E-state index >= 15 is 0 Å². The standard InChI is InChI=1S/C10H13ClN4O3/c11-9-8(15(17)18)10(13-5-12-9)14-7-3-1-2-6(7)4-16/h5-7,16H,1-4H2,(H,12,13,14). The minimum absolute atomic E-state index is 0.0142. The second-order valence-electron chi connectivity index (χ2n) is 4.24. The summed E-state index contributed by atoms with van der Waals surface area (Å²) in [4.78, 5) is 17.8. The molecule has 0 amide bonds. The summed E-state index contributed by atoms with van der Waals surface area (Å²) in [6, 6.07) is -0.0142. The molecule has 2 N–H and O–H groups in total. The van der Waals surface area contributed by atoms with Gasteiger partial charge < -0.3 is 10.4 Å². The number of rotatable bonds is 4. The predicted octanol–water partition coefficient (Wildman–Crippen LogP) is 1.61. The largest absolute Gasteiger partial charge is 0.396 e. The van der Waals surface area contributed by atoms with Crippen LogP contribution in [0.2, 0.25) is 5.15 Å². The molecule has 98 valence electrons. The lowest BCUT2D eigenvalue weighted by Crippen LogP contribution is -2.27. The van der Waals surface area contributed by atoms with E-state index in [1.54, 1.807) is 0 Å². The van der Waals surface area contributed by atoms with Gasteiger partial charge >= 0.3 is 5.69 Å². The Morgan fingerprint density at radius 2 is 2.33 bits per heavy atom. The summed E-state index contributed by atoms with van der Waals surface area (Å²) in [7, 11) is 0. The molecule has 0 spiro atoms. The Kier molecular flexibility index (Phi) is 3.93. The molecule has 2 rings (SSSR count). The topological polar surface area (TPSA) is 101 Å². The lowest BCUT2D eigenvalue weighted by molar-refractivity contribution is -0.384. The fourth-order valence-electron chi connectivity index (χ4n) is 2.25. The van der Waals surface area contributed by atoms with Gasteiger partial charge in [0.1, 0.15) is 6.33 Å². The van der Waals surface area contributed by atoms with Crippen LogP contribution in [-0.2, 0) is 0 Å². The van der Waals surface area contributed by atoms with Crippen LogP contribution >= 0.6 is 11.6 Å². The number of aliphatic hydroxyl groups is 1. The van der Waals surface area contributed by atoms with Crippen LogP contribution in [0.1, 0.15) is 19.3 Å². The van der Waals surface area contributed by atoms with Crippen molar-refractivity contribution >= 4 is 23.1 Å². The smallest absolute Gasteiger partial charge is 0.348 e. The number of anilines is 1. The summed E-state index contributed by atoms with van der Waals surface area (Å²) in [5.74, 6) is 0.212. The third kappa shape index (κ3) is 2.51. The molecule has 1 aromatic heterocycles. The van der Waals surface area contributed by atoms with Gasteiger partial charge in [-0.15, -0.1) is 0 Å². The van der Waals surface area contributed by atoms with E-state index < -0.39 is 4.92 Å². The first-order chi connectivity index (χ1) is 8.63. The van der Waals surface area contributed by atoms with Crippen molar-refractivity contribution in [1.82, 2.24) is 9.97 Å². The van der Waals surface area contributed by atoms with Crippen molar-refractivity contribution in [3.63, 3.8) is 0 Å². The number of hydrogen-bond acceptors (Lipinski definition) is 6. The molecule has 7 nitrogen and oxygen atoms in total. The van der Waals surface area contributed by atoms with Crippen LogP contribution in [-0.4, -0.2) is 32.6 Å². The number of aliphatic hydroxyl groups excluding tert-OH is 1. The molecule has 2 atom stereocenters. The number of nitrogens with one attached hydrogen (secondary N) is 1. The minimum atomic E-state index is -0.604. The first kappa shape index (κ1) is 13.0. The summed E-state index contributed by atoms with van der Waals surface area (Å²) in [5.41, 5.74) is -0.317. The van der Waals surface area contributed by atoms with Crippen molar-refractivity contribution in [2.45, 2.75) is 25.3 Å². The number of nitro groups is 1. The molecular formula is C10H13ClN4O3. The zero-order valence-electron chi connectivity index (χ0n) is 9.54. The van der Waals surface area contributed by atoms with E-state index in [2.05, 4.69) is 15.3 Å². The SMILES string of the molecule is O=[N+]([O-])c1c(Cl)ncnc1NC1CCCC1CO. The van der Waals surface area contributed by atoms with E-state index in [0.717, 1.165) is 19.3 Å². The Morgan fingerprint density at radius 3 is 3.00 bits per heavy atom. The van der Waals surface area contributed by atoms with Crippen LogP contribution < -0.4 is 5.32 Å². The highest BCUT2D eigenvalue weighted by molar-refractivity contribution is 6.31. The van der Waals surface area contributed by atoms with Gasteiger partial charge in [0.15, 0.2) is 0 Å². The second kappa shape index (κ2) is 5.45. The maximum absolute atomic E-state index is 10.9. The molecule has 1 aliphatic carbocycles. The summed E-state index contributed by atoms with van der Waals surface area (Å²) in [6.45, 7) is 0.0598. The monoisotopic (exact) mass is 272 g/mol. The van der Waals surface area contributed by atoms with Crippen molar-refractivity contribution in [3.05, 3.63) is 21.6 Å². The molecule has 1 fully saturated rings. The average molecular weight is 273 g/mol. The number of nitrogens with zero attached hydrogens (tertiary/aromatic N) is 3. The van der Waals surface area contributed by atoms with Crippen molar-refractivity contribution in [1.29, 1.82) is 0 Å². The molecule has 0 saturated heterocycles. The van der Waals surface area contributed by atoms with E-state index in [4.69, 9.17) is 11.6 Å². The number of aromatic nitrogens is 2. The highest BCUT2D eigenvalue weighted by Gasteiger charge is 2.30. The highest BCUT2D eigenvalue weighted by atomic mass is 35.5. The average Bonchev–Trinajstić information content (AvgIpc) is 2.76. The third-order valence-corrected chi connectivity index (χ3v) is 3.45. The fourth-order valence-corrected chi connectivity index (χ4v) is 2.45. The Balaban J connectivity index is 2.23. The maximum atomic E-state index is 10.9. The Morgan fingerprint density at radius 1 is 1.56 bits per heavy atom. The van der Waals surface area contributed by atoms with Gasteiger partial charge in [0.05, 0.1) is 4.92 Å². The molecule has 1 saturated carbocycles. The predicted molar refractivity (Wildman–Crippen MR) is 65.5 cm³/mol. The van der Waals surface area contributed by atoms with E-state index in [0.29, 0.717) is 0 Å². The van der Waals surface area contributed by atoms with Crippen LogP contribution in [0.5, 0.6) is 0 Å². The van der Waals surface area contributed by atoms with Crippen LogP contribution in [0, 0.1) is 16.0 Å². The van der Waals surface area contributed by atoms with Crippen LogP contribution in [0.3, 0.4) is 0 Å². The first-order valence-electron chi connectivity index (χ1n) is 5.65. The maximum Gasteiger partial charge on any atom is 0.348 e. The zero-order valence-corrected chi connectivity index (χ0v) is 10.3.